The molecule has 1 atom stereocenters. The Morgan fingerprint density at radius 3 is 2.58 bits per heavy atom. The van der Waals surface area contributed by atoms with Crippen molar-refractivity contribution in [3.63, 3.8) is 0 Å². The molecule has 142 valence electrons. The minimum Gasteiger partial charge on any atom is -0.478 e. The summed E-state index contributed by atoms with van der Waals surface area (Å²) < 4.78 is 1.77. The van der Waals surface area contributed by atoms with Gasteiger partial charge >= 0.3 is 5.97 Å². The lowest BCUT2D eigenvalue weighted by Crippen LogP contribution is -2.51. The Morgan fingerprint density at radius 1 is 1.31 bits per heavy atom. The summed E-state index contributed by atoms with van der Waals surface area (Å²) in [4.78, 5) is 39.6. The maximum atomic E-state index is 12.9. The molecular formula is C17H24N4O4S. The number of thioether (sulfide) groups is 1. The van der Waals surface area contributed by atoms with Gasteiger partial charge in [-0.3, -0.25) is 14.3 Å². The molecule has 2 aliphatic rings. The normalized spacial score (nSPS) is 21.2. The molecule has 2 amide bonds. The molecule has 9 heteroatoms. The van der Waals surface area contributed by atoms with Crippen molar-refractivity contribution in [2.75, 3.05) is 24.7 Å². The van der Waals surface area contributed by atoms with Crippen LogP contribution < -0.4 is 0 Å². The number of aromatic nitrogens is 2. The van der Waals surface area contributed by atoms with Crippen molar-refractivity contribution in [3.05, 3.63) is 17.5 Å². The van der Waals surface area contributed by atoms with Gasteiger partial charge in [-0.15, -0.1) is 11.8 Å². The zero-order valence-electron chi connectivity index (χ0n) is 15.1. The summed E-state index contributed by atoms with van der Waals surface area (Å²) in [5, 5.41) is 13.4. The van der Waals surface area contributed by atoms with E-state index in [0.717, 1.165) is 12.8 Å². The van der Waals surface area contributed by atoms with Crippen molar-refractivity contribution >= 4 is 29.5 Å². The summed E-state index contributed by atoms with van der Waals surface area (Å²) in [6.45, 7) is 4.77. The molecule has 1 N–H and O–H groups in total. The highest BCUT2D eigenvalue weighted by Crippen LogP contribution is 2.28. The quantitative estimate of drug-likeness (QED) is 0.847. The zero-order chi connectivity index (χ0) is 18.8. The maximum absolute atomic E-state index is 12.9. The molecule has 0 radical (unpaired) electrons. The Bertz CT molecular complexity index is 712. The van der Waals surface area contributed by atoms with E-state index in [1.54, 1.807) is 28.3 Å². The number of piperidine rings is 1. The average Bonchev–Trinajstić information content (AvgIpc) is 3.27. The number of carboxylic acid groups (broad SMARTS) is 1. The van der Waals surface area contributed by atoms with Gasteiger partial charge in [-0.25, -0.2) is 4.79 Å². The van der Waals surface area contributed by atoms with Gasteiger partial charge in [0.05, 0.1) is 23.8 Å². The minimum absolute atomic E-state index is 0.0246. The van der Waals surface area contributed by atoms with Crippen LogP contribution in [-0.4, -0.2) is 73.2 Å². The van der Waals surface area contributed by atoms with Crippen LogP contribution in [0.15, 0.2) is 6.20 Å². The van der Waals surface area contributed by atoms with Crippen LogP contribution in [0.1, 0.15) is 48.3 Å². The van der Waals surface area contributed by atoms with Crippen LogP contribution in [0.3, 0.4) is 0 Å². The topological polar surface area (TPSA) is 95.7 Å². The number of carbonyl (C=O) groups is 3. The third kappa shape index (κ3) is 3.44. The van der Waals surface area contributed by atoms with Gasteiger partial charge in [-0.2, -0.15) is 5.10 Å². The first kappa shape index (κ1) is 18.8. The number of hydrogen-bond acceptors (Lipinski definition) is 5. The number of amides is 2. The van der Waals surface area contributed by atoms with Gasteiger partial charge in [0.2, 0.25) is 11.8 Å². The molecule has 1 aromatic heterocycles. The van der Waals surface area contributed by atoms with Crippen molar-refractivity contribution in [1.82, 2.24) is 19.6 Å². The van der Waals surface area contributed by atoms with Gasteiger partial charge in [-0.05, 0) is 19.8 Å². The Kier molecular flexibility index (Phi) is 5.55. The number of hydrogen-bond donors (Lipinski definition) is 1. The Labute approximate surface area is 156 Å². The SMILES string of the molecule is CCC(=O)N1CSCC1C(=O)N1CCC(n2ncc(C(=O)O)c2C)CC1. The maximum Gasteiger partial charge on any atom is 0.339 e. The van der Waals surface area contributed by atoms with E-state index >= 15 is 0 Å². The lowest BCUT2D eigenvalue weighted by molar-refractivity contribution is -0.144. The lowest BCUT2D eigenvalue weighted by atomic mass is 10.0. The molecule has 0 spiro atoms. The van der Waals surface area contributed by atoms with E-state index in [-0.39, 0.29) is 29.5 Å². The van der Waals surface area contributed by atoms with Crippen LogP contribution >= 0.6 is 11.8 Å². The molecule has 1 unspecified atom stereocenters. The van der Waals surface area contributed by atoms with Crippen molar-refractivity contribution < 1.29 is 19.5 Å². The first-order valence-corrected chi connectivity index (χ1v) is 10.0. The Morgan fingerprint density at radius 2 is 2.00 bits per heavy atom. The molecule has 1 aromatic rings. The fourth-order valence-corrected chi connectivity index (χ4v) is 4.81. The van der Waals surface area contributed by atoms with E-state index in [4.69, 9.17) is 5.11 Å². The van der Waals surface area contributed by atoms with Gasteiger partial charge in [-0.1, -0.05) is 6.92 Å². The first-order chi connectivity index (χ1) is 12.4. The van der Waals surface area contributed by atoms with Crippen LogP contribution in [0.4, 0.5) is 0 Å². The molecule has 8 nitrogen and oxygen atoms in total. The van der Waals surface area contributed by atoms with Gasteiger partial charge in [0.1, 0.15) is 11.6 Å². The fourth-order valence-electron chi connectivity index (χ4n) is 3.64. The second-order valence-electron chi connectivity index (χ2n) is 6.68. The van der Waals surface area contributed by atoms with E-state index in [2.05, 4.69) is 5.10 Å². The highest BCUT2D eigenvalue weighted by molar-refractivity contribution is 7.99. The van der Waals surface area contributed by atoms with E-state index in [9.17, 15) is 14.4 Å². The minimum atomic E-state index is -0.972. The van der Waals surface area contributed by atoms with E-state index in [0.29, 0.717) is 36.8 Å². The van der Waals surface area contributed by atoms with Crippen LogP contribution in [0.2, 0.25) is 0 Å². The Balaban J connectivity index is 1.62. The zero-order valence-corrected chi connectivity index (χ0v) is 15.9. The predicted octanol–water partition coefficient (Wildman–Crippen LogP) is 1.36. The van der Waals surface area contributed by atoms with Gasteiger partial charge in [0.25, 0.3) is 0 Å². The predicted molar refractivity (Wildman–Crippen MR) is 97.0 cm³/mol. The van der Waals surface area contributed by atoms with Gasteiger partial charge < -0.3 is 14.9 Å². The van der Waals surface area contributed by atoms with Crippen molar-refractivity contribution in [3.8, 4) is 0 Å². The third-order valence-corrected chi connectivity index (χ3v) is 6.20. The molecular weight excluding hydrogens is 356 g/mol. The number of rotatable bonds is 4. The van der Waals surface area contributed by atoms with Crippen molar-refractivity contribution in [2.45, 2.75) is 45.2 Å². The highest BCUT2D eigenvalue weighted by Gasteiger charge is 2.37. The number of aromatic carboxylic acids is 1. The monoisotopic (exact) mass is 380 g/mol. The van der Waals surface area contributed by atoms with Crippen LogP contribution in [0, 0.1) is 6.92 Å². The second kappa shape index (κ2) is 7.69. The standard InChI is InChI=1S/C17H24N4O4S/c1-3-15(22)20-10-26-9-14(20)16(23)19-6-4-12(5-7-19)21-11(2)13(8-18-21)17(24)25/h8,12,14H,3-7,9-10H2,1-2H3,(H,24,25). The Hall–Kier alpha value is -2.03. The number of likely N-dealkylation sites (tertiary alicyclic amines) is 1. The molecule has 2 saturated heterocycles. The summed E-state index contributed by atoms with van der Waals surface area (Å²) in [5.74, 6) is 0.324. The van der Waals surface area contributed by atoms with Gasteiger partial charge in [0, 0.05) is 25.3 Å². The lowest BCUT2D eigenvalue weighted by Gasteiger charge is -2.35. The van der Waals surface area contributed by atoms with Crippen LogP contribution in [-0.2, 0) is 9.59 Å². The molecule has 2 fully saturated rings. The van der Waals surface area contributed by atoms with E-state index in [1.807, 2.05) is 11.8 Å². The second-order valence-corrected chi connectivity index (χ2v) is 7.68. The molecule has 0 bridgehead atoms. The summed E-state index contributed by atoms with van der Waals surface area (Å²) in [7, 11) is 0. The summed E-state index contributed by atoms with van der Waals surface area (Å²) in [6.07, 6.45) is 3.26. The van der Waals surface area contributed by atoms with Crippen molar-refractivity contribution in [1.29, 1.82) is 0 Å². The molecule has 2 aliphatic heterocycles. The molecule has 26 heavy (non-hydrogen) atoms. The number of carbonyl (C=O) groups excluding carboxylic acids is 2. The smallest absolute Gasteiger partial charge is 0.339 e. The molecule has 3 rings (SSSR count). The first-order valence-electron chi connectivity index (χ1n) is 8.87. The number of nitrogens with zero attached hydrogens (tertiary/aromatic N) is 4. The van der Waals surface area contributed by atoms with Crippen molar-refractivity contribution in [2.24, 2.45) is 0 Å². The fraction of sp³-hybridized carbons (Fsp3) is 0.647. The molecule has 0 saturated carbocycles. The summed E-state index contributed by atoms with van der Waals surface area (Å²) in [6, 6.07) is -0.257. The van der Waals surface area contributed by atoms with Crippen LogP contribution in [0.5, 0.6) is 0 Å². The molecule has 0 aliphatic carbocycles. The summed E-state index contributed by atoms with van der Waals surface area (Å²) in [5.41, 5.74) is 0.870. The third-order valence-electron chi connectivity index (χ3n) is 5.19. The van der Waals surface area contributed by atoms with Gasteiger partial charge in [0.15, 0.2) is 0 Å². The largest absolute Gasteiger partial charge is 0.478 e. The molecule has 0 aromatic carbocycles. The van der Waals surface area contributed by atoms with Crippen LogP contribution in [0.25, 0.3) is 0 Å². The average molecular weight is 380 g/mol. The van der Waals surface area contributed by atoms with E-state index < -0.39 is 5.97 Å². The number of carboxylic acids is 1. The van der Waals surface area contributed by atoms with E-state index in [1.165, 1.54) is 6.20 Å². The molecule has 3 heterocycles. The highest BCUT2D eigenvalue weighted by atomic mass is 32.2. The summed E-state index contributed by atoms with van der Waals surface area (Å²) >= 11 is 1.62.